The molecule has 162 valence electrons. The molecule has 0 N–H and O–H groups in total. The Morgan fingerprint density at radius 1 is 0.900 bits per heavy atom. The van der Waals surface area contributed by atoms with E-state index in [9.17, 15) is 4.79 Å². The molecule has 0 aliphatic heterocycles. The van der Waals surface area contributed by atoms with Crippen molar-refractivity contribution < 1.29 is 9.53 Å². The first-order chi connectivity index (χ1) is 14.5. The Hall–Kier alpha value is -1.57. The van der Waals surface area contributed by atoms with Crippen LogP contribution in [0.15, 0.2) is 36.4 Å². The van der Waals surface area contributed by atoms with E-state index in [-0.39, 0.29) is 17.5 Å². The Kier molecular flexibility index (Phi) is 5.32. The van der Waals surface area contributed by atoms with Crippen molar-refractivity contribution in [2.24, 2.45) is 34.5 Å². The van der Waals surface area contributed by atoms with Crippen LogP contribution < -0.4 is 0 Å². The van der Waals surface area contributed by atoms with Crippen molar-refractivity contribution >= 4 is 12.0 Å². The first kappa shape index (κ1) is 20.3. The van der Waals surface area contributed by atoms with Gasteiger partial charge in [0.1, 0.15) is 6.10 Å². The molecule has 2 nitrogen and oxygen atoms in total. The van der Waals surface area contributed by atoms with Gasteiger partial charge in [-0.2, -0.15) is 0 Å². The molecule has 4 fully saturated rings. The zero-order valence-corrected chi connectivity index (χ0v) is 18.8. The molecule has 0 heterocycles. The van der Waals surface area contributed by atoms with Crippen LogP contribution >= 0.6 is 0 Å². The number of rotatable bonds is 3. The number of carbonyl (C=O) groups excluding carboxylic acids is 1. The summed E-state index contributed by atoms with van der Waals surface area (Å²) in [5.41, 5.74) is 1.80. The molecular formula is C28H38O2. The smallest absolute Gasteiger partial charge is 0.331 e. The summed E-state index contributed by atoms with van der Waals surface area (Å²) >= 11 is 0. The Morgan fingerprint density at radius 2 is 1.70 bits per heavy atom. The van der Waals surface area contributed by atoms with Gasteiger partial charge in [0, 0.05) is 11.5 Å². The second kappa shape index (κ2) is 7.84. The van der Waals surface area contributed by atoms with Crippen molar-refractivity contribution in [1.82, 2.24) is 0 Å². The maximum atomic E-state index is 12.6. The summed E-state index contributed by atoms with van der Waals surface area (Å²) in [7, 11) is 0. The average Bonchev–Trinajstić information content (AvgIpc) is 3.09. The minimum Gasteiger partial charge on any atom is -0.459 e. The first-order valence-electron chi connectivity index (χ1n) is 12.4. The van der Waals surface area contributed by atoms with Crippen molar-refractivity contribution in [3.63, 3.8) is 0 Å². The summed E-state index contributed by atoms with van der Waals surface area (Å²) < 4.78 is 6.09. The van der Waals surface area contributed by atoms with Gasteiger partial charge in [0.15, 0.2) is 0 Å². The van der Waals surface area contributed by atoms with Gasteiger partial charge >= 0.3 is 5.97 Å². The summed E-state index contributed by atoms with van der Waals surface area (Å²) in [5.74, 6) is 3.30. The molecule has 0 spiro atoms. The minimum absolute atomic E-state index is 0.0910. The Balaban J connectivity index is 1.28. The van der Waals surface area contributed by atoms with Crippen LogP contribution in [0.5, 0.6) is 0 Å². The molecule has 1 aromatic carbocycles. The highest BCUT2D eigenvalue weighted by Gasteiger charge is 2.60. The van der Waals surface area contributed by atoms with E-state index in [4.69, 9.17) is 4.74 Å². The van der Waals surface area contributed by atoms with Gasteiger partial charge < -0.3 is 4.74 Å². The average molecular weight is 407 g/mol. The Bertz CT molecular complexity index is 798. The molecule has 2 heteroatoms. The van der Waals surface area contributed by atoms with Crippen LogP contribution in [0.3, 0.4) is 0 Å². The predicted octanol–water partition coefficient (Wildman–Crippen LogP) is 7.04. The van der Waals surface area contributed by atoms with E-state index in [2.05, 4.69) is 13.8 Å². The number of ether oxygens (including phenoxy) is 1. The molecule has 0 bridgehead atoms. The van der Waals surface area contributed by atoms with Gasteiger partial charge in [-0.1, -0.05) is 57.0 Å². The summed E-state index contributed by atoms with van der Waals surface area (Å²) in [4.78, 5) is 12.6. The molecule has 5 rings (SSSR count). The van der Waals surface area contributed by atoms with Crippen molar-refractivity contribution in [2.45, 2.75) is 84.2 Å². The summed E-state index contributed by atoms with van der Waals surface area (Å²) in [6, 6.07) is 10.0. The number of carbonyl (C=O) groups is 1. The quantitative estimate of drug-likeness (QED) is 0.397. The van der Waals surface area contributed by atoms with Gasteiger partial charge in [0.25, 0.3) is 0 Å². The third kappa shape index (κ3) is 3.35. The molecule has 30 heavy (non-hydrogen) atoms. The molecule has 4 aliphatic carbocycles. The maximum Gasteiger partial charge on any atom is 0.331 e. The van der Waals surface area contributed by atoms with Crippen molar-refractivity contribution in [1.29, 1.82) is 0 Å². The molecule has 0 radical (unpaired) electrons. The fraction of sp³-hybridized carbons (Fsp3) is 0.679. The molecule has 1 aromatic rings. The largest absolute Gasteiger partial charge is 0.459 e. The van der Waals surface area contributed by atoms with E-state index in [1.807, 2.05) is 36.4 Å². The summed E-state index contributed by atoms with van der Waals surface area (Å²) in [6.45, 7) is 5.08. The molecule has 7 atom stereocenters. The Morgan fingerprint density at radius 3 is 2.53 bits per heavy atom. The van der Waals surface area contributed by atoms with Gasteiger partial charge in [0.05, 0.1) is 0 Å². The Labute approximate surface area is 182 Å². The standard InChI is InChI=1S/C28H38O2/c1-27-18-7-6-10-21(27)12-13-22-23-14-15-25(28(23,2)19-17-24(22)27)30-26(29)16-11-20-8-4-3-5-9-20/h3-5,8-9,11,16,21-25H,6-7,10,12-15,17-19H2,1-2H3/b16-11+/t21-,22-,23+,24-,25+,27+,28+/m1/s1. The van der Waals surface area contributed by atoms with E-state index in [0.29, 0.717) is 5.41 Å². The van der Waals surface area contributed by atoms with Crippen LogP contribution in [0.2, 0.25) is 0 Å². The third-order valence-electron chi connectivity index (χ3n) is 9.97. The summed E-state index contributed by atoms with van der Waals surface area (Å²) in [5, 5.41) is 0. The lowest BCUT2D eigenvalue weighted by Gasteiger charge is -2.60. The topological polar surface area (TPSA) is 26.3 Å². The van der Waals surface area contributed by atoms with E-state index in [1.165, 1.54) is 57.8 Å². The molecule has 0 unspecified atom stereocenters. The van der Waals surface area contributed by atoms with Crippen LogP contribution in [-0.2, 0) is 9.53 Å². The SMILES string of the molecule is C[C@]12CCCC[C@@H]1CC[C@H]1[C@H]2CC[C@]2(C)[C@@H](OC(=O)/C=C/c3ccccc3)CC[C@@H]12. The first-order valence-corrected chi connectivity index (χ1v) is 12.4. The van der Waals surface area contributed by atoms with Gasteiger partial charge in [0.2, 0.25) is 0 Å². The second-order valence-corrected chi connectivity index (χ2v) is 11.2. The van der Waals surface area contributed by atoms with Crippen LogP contribution in [0.1, 0.15) is 83.6 Å². The third-order valence-corrected chi connectivity index (χ3v) is 9.97. The van der Waals surface area contributed by atoms with Crippen LogP contribution in [0.4, 0.5) is 0 Å². The minimum atomic E-state index is -0.171. The molecule has 0 saturated heterocycles. The van der Waals surface area contributed by atoms with Crippen molar-refractivity contribution in [3.05, 3.63) is 42.0 Å². The van der Waals surface area contributed by atoms with E-state index in [0.717, 1.165) is 35.7 Å². The number of fused-ring (bicyclic) bond motifs is 5. The van der Waals surface area contributed by atoms with Gasteiger partial charge in [-0.3, -0.25) is 0 Å². The van der Waals surface area contributed by atoms with Gasteiger partial charge in [-0.25, -0.2) is 4.79 Å². The lowest BCUT2D eigenvalue weighted by Crippen LogP contribution is -2.53. The highest BCUT2D eigenvalue weighted by molar-refractivity contribution is 5.87. The molecule has 0 aromatic heterocycles. The van der Waals surface area contributed by atoms with E-state index in [1.54, 1.807) is 6.08 Å². The fourth-order valence-corrected chi connectivity index (χ4v) is 8.35. The monoisotopic (exact) mass is 406 g/mol. The van der Waals surface area contributed by atoms with E-state index < -0.39 is 0 Å². The van der Waals surface area contributed by atoms with Crippen LogP contribution in [-0.4, -0.2) is 12.1 Å². The molecular weight excluding hydrogens is 368 g/mol. The fourth-order valence-electron chi connectivity index (χ4n) is 8.35. The number of esters is 1. The summed E-state index contributed by atoms with van der Waals surface area (Å²) in [6.07, 6.45) is 17.1. The maximum absolute atomic E-state index is 12.6. The van der Waals surface area contributed by atoms with Gasteiger partial charge in [-0.05, 0) is 92.1 Å². The van der Waals surface area contributed by atoms with Gasteiger partial charge in [-0.15, -0.1) is 0 Å². The normalized spacial score (nSPS) is 42.9. The molecule has 4 saturated carbocycles. The number of benzene rings is 1. The highest BCUT2D eigenvalue weighted by atomic mass is 16.5. The van der Waals surface area contributed by atoms with Crippen molar-refractivity contribution in [3.8, 4) is 0 Å². The number of hydrogen-bond acceptors (Lipinski definition) is 2. The second-order valence-electron chi connectivity index (χ2n) is 11.2. The van der Waals surface area contributed by atoms with Crippen molar-refractivity contribution in [2.75, 3.05) is 0 Å². The van der Waals surface area contributed by atoms with Crippen LogP contribution in [0.25, 0.3) is 6.08 Å². The highest BCUT2D eigenvalue weighted by Crippen LogP contribution is 2.66. The lowest BCUT2D eigenvalue weighted by atomic mass is 9.45. The zero-order valence-electron chi connectivity index (χ0n) is 18.8. The van der Waals surface area contributed by atoms with E-state index >= 15 is 0 Å². The van der Waals surface area contributed by atoms with Crippen LogP contribution in [0, 0.1) is 34.5 Å². The zero-order chi connectivity index (χ0) is 20.8. The number of hydrogen-bond donors (Lipinski definition) is 0. The predicted molar refractivity (Wildman–Crippen MR) is 122 cm³/mol. The lowest BCUT2D eigenvalue weighted by molar-refractivity contribution is -0.158. The molecule has 4 aliphatic rings. The molecule has 0 amide bonds.